The molecule has 1 amide bonds. The molecule has 0 radical (unpaired) electrons. The number of carbonyl (C=O) groups excluding carboxylic acids is 1. The average molecular weight is 241 g/mol. The molecule has 2 rings (SSSR count). The van der Waals surface area contributed by atoms with Crippen LogP contribution in [0.4, 0.5) is 0 Å². The summed E-state index contributed by atoms with van der Waals surface area (Å²) < 4.78 is 5.72. The summed E-state index contributed by atoms with van der Waals surface area (Å²) in [5.74, 6) is 0.208. The first-order valence-corrected chi connectivity index (χ1v) is 6.49. The van der Waals surface area contributed by atoms with Crippen LogP contribution in [-0.4, -0.2) is 74.2 Å². The standard InChI is InChI=1S/C12H23N3O2/c1-10-12(16)15(5-3-4-13-10)9-11-8-14(2)6-7-17-11/h10-11,13H,3-9H2,1-2H3. The van der Waals surface area contributed by atoms with Crippen LogP contribution in [0.1, 0.15) is 13.3 Å². The van der Waals surface area contributed by atoms with Crippen LogP contribution in [0.15, 0.2) is 0 Å². The molecule has 0 saturated carbocycles. The van der Waals surface area contributed by atoms with Crippen LogP contribution in [0.2, 0.25) is 0 Å². The van der Waals surface area contributed by atoms with Crippen LogP contribution >= 0.6 is 0 Å². The number of hydrogen-bond donors (Lipinski definition) is 1. The molecule has 0 spiro atoms. The van der Waals surface area contributed by atoms with Gasteiger partial charge in [-0.15, -0.1) is 0 Å². The first-order valence-electron chi connectivity index (χ1n) is 6.49. The number of rotatable bonds is 2. The maximum atomic E-state index is 12.1. The highest BCUT2D eigenvalue weighted by atomic mass is 16.5. The average Bonchev–Trinajstić information content (AvgIpc) is 2.45. The second kappa shape index (κ2) is 5.80. The Labute approximate surface area is 103 Å². The van der Waals surface area contributed by atoms with Crippen LogP contribution < -0.4 is 5.32 Å². The van der Waals surface area contributed by atoms with E-state index >= 15 is 0 Å². The highest BCUT2D eigenvalue weighted by molar-refractivity contribution is 5.81. The quantitative estimate of drug-likeness (QED) is 0.710. The van der Waals surface area contributed by atoms with E-state index in [9.17, 15) is 4.79 Å². The monoisotopic (exact) mass is 241 g/mol. The molecule has 2 unspecified atom stereocenters. The Bertz CT molecular complexity index is 272. The Morgan fingerprint density at radius 2 is 2.29 bits per heavy atom. The summed E-state index contributed by atoms with van der Waals surface area (Å²) in [6.45, 7) is 7.13. The molecule has 98 valence electrons. The summed E-state index contributed by atoms with van der Waals surface area (Å²) in [6.07, 6.45) is 1.20. The Balaban J connectivity index is 1.89. The number of likely N-dealkylation sites (N-methyl/N-ethyl adjacent to an activating group) is 1. The molecule has 2 atom stereocenters. The van der Waals surface area contributed by atoms with E-state index < -0.39 is 0 Å². The zero-order valence-electron chi connectivity index (χ0n) is 10.8. The predicted molar refractivity (Wildman–Crippen MR) is 65.9 cm³/mol. The van der Waals surface area contributed by atoms with Crippen molar-refractivity contribution >= 4 is 5.91 Å². The highest BCUT2D eigenvalue weighted by Crippen LogP contribution is 2.09. The van der Waals surface area contributed by atoms with Gasteiger partial charge in [-0.2, -0.15) is 0 Å². The summed E-state index contributed by atoms with van der Waals surface area (Å²) in [5, 5.41) is 3.23. The van der Waals surface area contributed by atoms with Crippen LogP contribution in [0.25, 0.3) is 0 Å². The van der Waals surface area contributed by atoms with Gasteiger partial charge in [0.15, 0.2) is 0 Å². The van der Waals surface area contributed by atoms with Gasteiger partial charge in [-0.25, -0.2) is 0 Å². The van der Waals surface area contributed by atoms with E-state index in [-0.39, 0.29) is 18.1 Å². The van der Waals surface area contributed by atoms with Crippen molar-refractivity contribution in [2.45, 2.75) is 25.5 Å². The number of morpholine rings is 1. The van der Waals surface area contributed by atoms with E-state index in [0.29, 0.717) is 0 Å². The Morgan fingerprint density at radius 3 is 3.06 bits per heavy atom. The zero-order valence-corrected chi connectivity index (χ0v) is 10.8. The maximum Gasteiger partial charge on any atom is 0.239 e. The van der Waals surface area contributed by atoms with Gasteiger partial charge in [0.2, 0.25) is 5.91 Å². The van der Waals surface area contributed by atoms with Crippen molar-refractivity contribution in [2.75, 3.05) is 46.4 Å². The lowest BCUT2D eigenvalue weighted by Crippen LogP contribution is -2.49. The number of hydrogen-bond acceptors (Lipinski definition) is 4. The van der Waals surface area contributed by atoms with Gasteiger partial charge in [-0.3, -0.25) is 4.79 Å². The fourth-order valence-corrected chi connectivity index (χ4v) is 2.46. The summed E-state index contributed by atoms with van der Waals surface area (Å²) >= 11 is 0. The Morgan fingerprint density at radius 1 is 1.47 bits per heavy atom. The van der Waals surface area contributed by atoms with Gasteiger partial charge in [-0.05, 0) is 26.9 Å². The second-order valence-corrected chi connectivity index (χ2v) is 5.07. The zero-order chi connectivity index (χ0) is 12.3. The van der Waals surface area contributed by atoms with E-state index in [1.165, 1.54) is 0 Å². The molecule has 2 aliphatic heterocycles. The molecule has 0 aromatic heterocycles. The topological polar surface area (TPSA) is 44.8 Å². The Hall–Kier alpha value is -0.650. The van der Waals surface area contributed by atoms with Crippen LogP contribution in [0.5, 0.6) is 0 Å². The first-order chi connectivity index (χ1) is 8.16. The summed E-state index contributed by atoms with van der Waals surface area (Å²) in [4.78, 5) is 16.3. The minimum atomic E-state index is -0.0566. The van der Waals surface area contributed by atoms with Gasteiger partial charge in [0.1, 0.15) is 0 Å². The molecule has 5 nitrogen and oxygen atoms in total. The smallest absolute Gasteiger partial charge is 0.239 e. The van der Waals surface area contributed by atoms with Gasteiger partial charge in [0.25, 0.3) is 0 Å². The number of ether oxygens (including phenoxy) is 1. The van der Waals surface area contributed by atoms with Gasteiger partial charge < -0.3 is 19.9 Å². The highest BCUT2D eigenvalue weighted by Gasteiger charge is 2.27. The molecule has 2 saturated heterocycles. The summed E-state index contributed by atoms with van der Waals surface area (Å²) in [5.41, 5.74) is 0. The molecule has 1 N–H and O–H groups in total. The molecule has 2 aliphatic rings. The molecule has 5 heteroatoms. The molecular formula is C12H23N3O2. The SMILES string of the molecule is CC1NCCCN(CC2CN(C)CCO2)C1=O. The minimum Gasteiger partial charge on any atom is -0.374 e. The molecule has 0 bridgehead atoms. The second-order valence-electron chi connectivity index (χ2n) is 5.07. The molecule has 2 fully saturated rings. The third-order valence-corrected chi connectivity index (χ3v) is 3.50. The lowest BCUT2D eigenvalue weighted by Gasteiger charge is -2.34. The summed E-state index contributed by atoms with van der Waals surface area (Å²) in [6, 6.07) is -0.0566. The minimum absolute atomic E-state index is 0.0566. The fraction of sp³-hybridized carbons (Fsp3) is 0.917. The van der Waals surface area contributed by atoms with Crippen LogP contribution in [0.3, 0.4) is 0 Å². The van der Waals surface area contributed by atoms with Gasteiger partial charge in [0, 0.05) is 26.2 Å². The molecule has 0 aliphatic carbocycles. The van der Waals surface area contributed by atoms with Crippen molar-refractivity contribution in [1.29, 1.82) is 0 Å². The normalized spacial score (nSPS) is 32.6. The van der Waals surface area contributed by atoms with Crippen molar-refractivity contribution in [3.05, 3.63) is 0 Å². The first kappa shape index (κ1) is 12.8. The van der Waals surface area contributed by atoms with E-state index in [1.807, 2.05) is 11.8 Å². The summed E-state index contributed by atoms with van der Waals surface area (Å²) in [7, 11) is 2.10. The third-order valence-electron chi connectivity index (χ3n) is 3.50. The molecular weight excluding hydrogens is 218 g/mol. The Kier molecular flexibility index (Phi) is 4.36. The largest absolute Gasteiger partial charge is 0.374 e. The van der Waals surface area contributed by atoms with E-state index in [1.54, 1.807) is 0 Å². The van der Waals surface area contributed by atoms with Crippen LogP contribution in [0, 0.1) is 0 Å². The third kappa shape index (κ3) is 3.40. The molecule has 17 heavy (non-hydrogen) atoms. The van der Waals surface area contributed by atoms with Gasteiger partial charge >= 0.3 is 0 Å². The fourth-order valence-electron chi connectivity index (χ4n) is 2.46. The predicted octanol–water partition coefficient (Wildman–Crippen LogP) is -0.473. The lowest BCUT2D eigenvalue weighted by molar-refractivity contribution is -0.135. The van der Waals surface area contributed by atoms with Gasteiger partial charge in [-0.1, -0.05) is 0 Å². The molecule has 2 heterocycles. The van der Waals surface area contributed by atoms with E-state index in [4.69, 9.17) is 4.74 Å². The van der Waals surface area contributed by atoms with Crippen molar-refractivity contribution in [3.8, 4) is 0 Å². The number of nitrogens with one attached hydrogen (secondary N) is 1. The van der Waals surface area contributed by atoms with E-state index in [2.05, 4.69) is 17.3 Å². The number of nitrogens with zero attached hydrogens (tertiary/aromatic N) is 2. The van der Waals surface area contributed by atoms with Crippen LogP contribution in [-0.2, 0) is 9.53 Å². The number of amides is 1. The maximum absolute atomic E-state index is 12.1. The lowest BCUT2D eigenvalue weighted by atomic mass is 10.2. The van der Waals surface area contributed by atoms with E-state index in [0.717, 1.165) is 45.8 Å². The van der Waals surface area contributed by atoms with Crippen molar-refractivity contribution in [3.63, 3.8) is 0 Å². The molecule has 0 aromatic carbocycles. The van der Waals surface area contributed by atoms with Gasteiger partial charge in [0.05, 0.1) is 18.8 Å². The molecule has 0 aromatic rings. The van der Waals surface area contributed by atoms with Crippen molar-refractivity contribution in [1.82, 2.24) is 15.1 Å². The van der Waals surface area contributed by atoms with Crippen molar-refractivity contribution in [2.24, 2.45) is 0 Å². The van der Waals surface area contributed by atoms with Crippen molar-refractivity contribution < 1.29 is 9.53 Å². The number of carbonyl (C=O) groups is 1.